The number of likely N-dealkylation sites (tertiary alicyclic amines) is 2. The molecule has 6 heteroatoms. The molecular weight excluding hydrogens is 350 g/mol. The summed E-state index contributed by atoms with van der Waals surface area (Å²) in [5.41, 5.74) is 2.60. The maximum atomic E-state index is 11.4. The van der Waals surface area contributed by atoms with Crippen LogP contribution < -0.4 is 5.32 Å². The van der Waals surface area contributed by atoms with Gasteiger partial charge in [-0.25, -0.2) is 4.98 Å². The predicted molar refractivity (Wildman–Crippen MR) is 112 cm³/mol. The number of nitrogens with zero attached hydrogens (tertiary/aromatic N) is 4. The van der Waals surface area contributed by atoms with Crippen molar-refractivity contribution < 1.29 is 4.79 Å². The van der Waals surface area contributed by atoms with Crippen LogP contribution in [0.5, 0.6) is 0 Å². The molecule has 0 aliphatic carbocycles. The lowest BCUT2D eigenvalue weighted by Crippen LogP contribution is -2.50. The Balaban J connectivity index is 1.43. The molecular formula is C22H33N5O. The summed E-state index contributed by atoms with van der Waals surface area (Å²) >= 11 is 0. The average molecular weight is 384 g/mol. The third-order valence-electron chi connectivity index (χ3n) is 6.67. The number of carbonyl (C=O) groups is 1. The van der Waals surface area contributed by atoms with E-state index in [1.165, 1.54) is 11.3 Å². The van der Waals surface area contributed by atoms with Crippen LogP contribution >= 0.6 is 0 Å². The number of nitrogens with one attached hydrogen (secondary N) is 1. The zero-order chi connectivity index (χ0) is 19.7. The smallest absolute Gasteiger partial charge is 0.217 e. The number of para-hydroxylation sites is 2. The number of rotatable bonds is 5. The normalized spacial score (nSPS) is 22.9. The van der Waals surface area contributed by atoms with Crippen molar-refractivity contribution in [2.75, 3.05) is 26.7 Å². The summed E-state index contributed by atoms with van der Waals surface area (Å²) < 4.78 is 2.40. The molecule has 0 bridgehead atoms. The summed E-state index contributed by atoms with van der Waals surface area (Å²) in [6.45, 7) is 8.93. The van der Waals surface area contributed by atoms with Gasteiger partial charge in [-0.2, -0.15) is 0 Å². The van der Waals surface area contributed by atoms with Crippen LogP contribution in [0, 0.1) is 0 Å². The summed E-state index contributed by atoms with van der Waals surface area (Å²) in [6.07, 6.45) is 4.51. The number of hydrogen-bond acceptors (Lipinski definition) is 4. The Labute approximate surface area is 167 Å². The molecule has 28 heavy (non-hydrogen) atoms. The highest BCUT2D eigenvalue weighted by Gasteiger charge is 2.45. The average Bonchev–Trinajstić information content (AvgIpc) is 3.15. The molecule has 1 amide bonds. The van der Waals surface area contributed by atoms with Crippen LogP contribution in [-0.2, 0) is 17.9 Å². The van der Waals surface area contributed by atoms with E-state index in [0.717, 1.165) is 63.9 Å². The lowest BCUT2D eigenvalue weighted by molar-refractivity contribution is -0.119. The molecule has 2 aliphatic rings. The van der Waals surface area contributed by atoms with E-state index in [4.69, 9.17) is 4.98 Å². The highest BCUT2D eigenvalue weighted by atomic mass is 16.1. The van der Waals surface area contributed by atoms with Crippen LogP contribution in [0.4, 0.5) is 0 Å². The molecule has 152 valence electrons. The maximum Gasteiger partial charge on any atom is 0.217 e. The van der Waals surface area contributed by atoms with Gasteiger partial charge in [-0.15, -0.1) is 0 Å². The molecule has 1 spiro atoms. The number of piperidine rings is 1. The van der Waals surface area contributed by atoms with Crippen LogP contribution in [0.25, 0.3) is 11.0 Å². The molecule has 0 radical (unpaired) electrons. The van der Waals surface area contributed by atoms with Gasteiger partial charge in [0.2, 0.25) is 5.91 Å². The first kappa shape index (κ1) is 19.4. The Morgan fingerprint density at radius 3 is 2.75 bits per heavy atom. The minimum atomic E-state index is 0.0858. The molecule has 1 aromatic heterocycles. The minimum Gasteiger partial charge on any atom is -0.352 e. The first-order valence-electron chi connectivity index (χ1n) is 10.7. The standard InChI is InChI=1S/C22H33N5O/c1-4-11-27-20-8-6-5-7-19(20)24-21(27)16-26-12-9-22(10-13-26)14-18(15-25(22)3)23-17(2)28/h5-8,18H,4,9-16H2,1-3H3,(H,23,28)/t18-/m1/s1. The van der Waals surface area contributed by atoms with E-state index in [1.807, 2.05) is 0 Å². The molecule has 6 nitrogen and oxygen atoms in total. The highest BCUT2D eigenvalue weighted by molar-refractivity contribution is 5.75. The van der Waals surface area contributed by atoms with E-state index < -0.39 is 0 Å². The number of fused-ring (bicyclic) bond motifs is 1. The van der Waals surface area contributed by atoms with Crippen molar-refractivity contribution in [3.63, 3.8) is 0 Å². The Kier molecular flexibility index (Phi) is 5.43. The third kappa shape index (κ3) is 3.67. The quantitative estimate of drug-likeness (QED) is 0.862. The minimum absolute atomic E-state index is 0.0858. The molecule has 4 rings (SSSR count). The second-order valence-electron chi connectivity index (χ2n) is 8.65. The molecule has 2 saturated heterocycles. The Bertz CT molecular complexity index is 837. The van der Waals surface area contributed by atoms with Crippen molar-refractivity contribution in [3.05, 3.63) is 30.1 Å². The summed E-state index contributed by atoms with van der Waals surface area (Å²) in [6, 6.07) is 8.77. The number of aryl methyl sites for hydroxylation is 1. The lowest BCUT2D eigenvalue weighted by atomic mass is 9.84. The van der Waals surface area contributed by atoms with Gasteiger partial charge in [-0.3, -0.25) is 14.6 Å². The molecule has 0 unspecified atom stereocenters. The Hall–Kier alpha value is -1.92. The van der Waals surface area contributed by atoms with E-state index >= 15 is 0 Å². The molecule has 1 N–H and O–H groups in total. The topological polar surface area (TPSA) is 53.4 Å². The van der Waals surface area contributed by atoms with Crippen molar-refractivity contribution in [1.29, 1.82) is 0 Å². The molecule has 3 heterocycles. The number of hydrogen-bond donors (Lipinski definition) is 1. The van der Waals surface area contributed by atoms with Crippen LogP contribution in [0.3, 0.4) is 0 Å². The third-order valence-corrected chi connectivity index (χ3v) is 6.67. The molecule has 0 saturated carbocycles. The van der Waals surface area contributed by atoms with Crippen LogP contribution in [0.15, 0.2) is 24.3 Å². The molecule has 2 fully saturated rings. The van der Waals surface area contributed by atoms with E-state index in [1.54, 1.807) is 6.92 Å². The fraction of sp³-hybridized carbons (Fsp3) is 0.636. The Morgan fingerprint density at radius 1 is 1.29 bits per heavy atom. The van der Waals surface area contributed by atoms with E-state index in [2.05, 4.69) is 57.9 Å². The lowest BCUT2D eigenvalue weighted by Gasteiger charge is -2.43. The zero-order valence-corrected chi connectivity index (χ0v) is 17.4. The molecule has 1 atom stereocenters. The number of aromatic nitrogens is 2. The summed E-state index contributed by atoms with van der Waals surface area (Å²) in [4.78, 5) is 21.4. The van der Waals surface area contributed by atoms with Gasteiger partial charge >= 0.3 is 0 Å². The second-order valence-corrected chi connectivity index (χ2v) is 8.65. The van der Waals surface area contributed by atoms with Crippen molar-refractivity contribution >= 4 is 16.9 Å². The maximum absolute atomic E-state index is 11.4. The second kappa shape index (κ2) is 7.84. The van der Waals surface area contributed by atoms with E-state index in [9.17, 15) is 4.79 Å². The highest BCUT2D eigenvalue weighted by Crippen LogP contribution is 2.37. The molecule has 1 aromatic carbocycles. The zero-order valence-electron chi connectivity index (χ0n) is 17.4. The number of benzene rings is 1. The number of amides is 1. The summed E-state index contributed by atoms with van der Waals surface area (Å²) in [7, 11) is 2.22. The first-order valence-corrected chi connectivity index (χ1v) is 10.7. The monoisotopic (exact) mass is 383 g/mol. The largest absolute Gasteiger partial charge is 0.352 e. The van der Waals surface area contributed by atoms with Gasteiger partial charge in [0.25, 0.3) is 0 Å². The number of likely N-dealkylation sites (N-methyl/N-ethyl adjacent to an activating group) is 1. The van der Waals surface area contributed by atoms with Gasteiger partial charge in [0.15, 0.2) is 0 Å². The summed E-state index contributed by atoms with van der Waals surface area (Å²) in [5, 5.41) is 3.12. The van der Waals surface area contributed by atoms with Crippen molar-refractivity contribution in [3.8, 4) is 0 Å². The predicted octanol–water partition coefficient (Wildman–Crippen LogP) is 2.62. The number of carbonyl (C=O) groups excluding carboxylic acids is 1. The molecule has 2 aliphatic heterocycles. The van der Waals surface area contributed by atoms with E-state index in [0.29, 0.717) is 6.04 Å². The summed E-state index contributed by atoms with van der Waals surface area (Å²) in [5.74, 6) is 1.28. The van der Waals surface area contributed by atoms with Gasteiger partial charge < -0.3 is 9.88 Å². The van der Waals surface area contributed by atoms with Gasteiger partial charge in [-0.05, 0) is 44.9 Å². The van der Waals surface area contributed by atoms with Gasteiger partial charge in [-0.1, -0.05) is 19.1 Å². The van der Waals surface area contributed by atoms with Crippen LogP contribution in [0.1, 0.15) is 45.4 Å². The van der Waals surface area contributed by atoms with Crippen LogP contribution in [0.2, 0.25) is 0 Å². The SMILES string of the molecule is CCCn1c(CN2CCC3(CC2)C[C@@H](NC(C)=O)CN3C)nc2ccccc21. The van der Waals surface area contributed by atoms with E-state index in [-0.39, 0.29) is 11.4 Å². The van der Waals surface area contributed by atoms with Gasteiger partial charge in [0.1, 0.15) is 5.82 Å². The molecule has 2 aromatic rings. The van der Waals surface area contributed by atoms with Crippen molar-refractivity contribution in [1.82, 2.24) is 24.7 Å². The van der Waals surface area contributed by atoms with Gasteiger partial charge in [0.05, 0.1) is 17.6 Å². The Morgan fingerprint density at radius 2 is 2.04 bits per heavy atom. The first-order chi connectivity index (χ1) is 13.5. The van der Waals surface area contributed by atoms with Crippen molar-refractivity contribution in [2.45, 2.75) is 64.2 Å². The van der Waals surface area contributed by atoms with Crippen molar-refractivity contribution in [2.24, 2.45) is 0 Å². The fourth-order valence-corrected chi connectivity index (χ4v) is 5.22. The van der Waals surface area contributed by atoms with Crippen LogP contribution in [-0.4, -0.2) is 63.5 Å². The van der Waals surface area contributed by atoms with Gasteiger partial charge in [0, 0.05) is 44.7 Å². The number of imidazole rings is 1. The fourth-order valence-electron chi connectivity index (χ4n) is 5.22.